The number of anilines is 1. The normalized spacial score (nSPS) is 18.3. The molecule has 0 spiro atoms. The molecule has 2 unspecified atom stereocenters. The van der Waals surface area contributed by atoms with Gasteiger partial charge in [-0.15, -0.1) is 0 Å². The van der Waals surface area contributed by atoms with E-state index in [1.807, 2.05) is 13.0 Å². The van der Waals surface area contributed by atoms with Crippen molar-refractivity contribution in [1.29, 1.82) is 0 Å². The molecule has 2 amide bonds. The molecule has 2 atom stereocenters. The summed E-state index contributed by atoms with van der Waals surface area (Å²) in [5, 5.41) is 12.7. The first-order valence-corrected chi connectivity index (χ1v) is 9.86. The fourth-order valence-electron chi connectivity index (χ4n) is 3.40. The van der Waals surface area contributed by atoms with E-state index in [-0.39, 0.29) is 30.4 Å². The van der Waals surface area contributed by atoms with Crippen molar-refractivity contribution in [3.05, 3.63) is 35.7 Å². The van der Waals surface area contributed by atoms with Crippen molar-refractivity contribution < 1.29 is 19.1 Å². The zero-order chi connectivity index (χ0) is 20.6. The molecular formula is C20H27N5O4. The number of nitrogens with zero attached hydrogens (tertiary/aromatic N) is 2. The van der Waals surface area contributed by atoms with Gasteiger partial charge in [-0.3, -0.25) is 9.89 Å². The van der Waals surface area contributed by atoms with Gasteiger partial charge in [0.15, 0.2) is 5.82 Å². The van der Waals surface area contributed by atoms with E-state index in [4.69, 9.17) is 9.47 Å². The topological polar surface area (TPSA) is 118 Å². The number of carbonyl (C=O) groups is 2. The lowest BCUT2D eigenvalue weighted by Gasteiger charge is -2.12. The van der Waals surface area contributed by atoms with Crippen molar-refractivity contribution in [2.75, 3.05) is 19.0 Å². The number of rotatable bonds is 8. The Hall–Kier alpha value is -3.10. The van der Waals surface area contributed by atoms with E-state index in [1.54, 1.807) is 18.3 Å². The van der Waals surface area contributed by atoms with Crippen LogP contribution in [-0.4, -0.2) is 46.9 Å². The summed E-state index contributed by atoms with van der Waals surface area (Å²) in [6, 6.07) is 5.34. The number of carbonyl (C=O) groups excluding carboxylic acids is 2. The molecule has 9 heteroatoms. The number of nitrogens with one attached hydrogen (secondary N) is 3. The third kappa shape index (κ3) is 5.94. The summed E-state index contributed by atoms with van der Waals surface area (Å²) in [5.74, 6) is 1.01. The molecule has 156 valence electrons. The molecule has 1 fully saturated rings. The second kappa shape index (κ2) is 9.90. The van der Waals surface area contributed by atoms with Gasteiger partial charge >= 0.3 is 6.09 Å². The highest BCUT2D eigenvalue weighted by Gasteiger charge is 2.30. The van der Waals surface area contributed by atoms with Crippen molar-refractivity contribution in [1.82, 2.24) is 20.5 Å². The minimum Gasteiger partial charge on any atom is -0.481 e. The highest BCUT2D eigenvalue weighted by atomic mass is 16.6. The smallest absolute Gasteiger partial charge is 0.407 e. The molecule has 1 aliphatic carbocycles. The summed E-state index contributed by atoms with van der Waals surface area (Å²) >= 11 is 0. The molecule has 3 N–H and O–H groups in total. The number of amides is 2. The average Bonchev–Trinajstić information content (AvgIpc) is 3.36. The van der Waals surface area contributed by atoms with Crippen LogP contribution in [0.25, 0.3) is 0 Å². The fraction of sp³-hybridized carbons (Fsp3) is 0.500. The summed E-state index contributed by atoms with van der Waals surface area (Å²) in [6.45, 7) is 2.61. The zero-order valence-electron chi connectivity index (χ0n) is 16.7. The van der Waals surface area contributed by atoms with Crippen LogP contribution in [0.3, 0.4) is 0 Å². The first kappa shape index (κ1) is 20.6. The minimum absolute atomic E-state index is 0.0973. The molecule has 3 rings (SSSR count). The van der Waals surface area contributed by atoms with Gasteiger partial charge in [-0.25, -0.2) is 9.78 Å². The van der Waals surface area contributed by atoms with Gasteiger partial charge in [-0.2, -0.15) is 5.10 Å². The van der Waals surface area contributed by atoms with Gasteiger partial charge in [0.2, 0.25) is 11.8 Å². The van der Waals surface area contributed by atoms with Crippen molar-refractivity contribution in [3.63, 3.8) is 0 Å². The van der Waals surface area contributed by atoms with Crippen LogP contribution in [0.4, 0.5) is 10.6 Å². The maximum atomic E-state index is 12.3. The Morgan fingerprint density at radius 2 is 2.17 bits per heavy atom. The van der Waals surface area contributed by atoms with Crippen molar-refractivity contribution >= 4 is 17.8 Å². The number of ether oxygens (including phenoxy) is 2. The summed E-state index contributed by atoms with van der Waals surface area (Å²) in [7, 11) is 1.54. The molecule has 2 heterocycles. The van der Waals surface area contributed by atoms with Gasteiger partial charge in [0.05, 0.1) is 13.5 Å². The SMILES string of the molecule is CCCNC(=O)OC1CCC(c2cc(NC(=O)Cc3ccnc(OC)c3)n[nH]2)C1. The second-order valence-corrected chi connectivity index (χ2v) is 7.10. The Kier molecular flexibility index (Phi) is 7.04. The van der Waals surface area contributed by atoms with Gasteiger partial charge < -0.3 is 20.1 Å². The first-order valence-electron chi connectivity index (χ1n) is 9.86. The van der Waals surface area contributed by atoms with Gasteiger partial charge in [-0.1, -0.05) is 6.92 Å². The monoisotopic (exact) mass is 401 g/mol. The van der Waals surface area contributed by atoms with E-state index in [1.165, 1.54) is 7.11 Å². The Labute approximate surface area is 169 Å². The molecule has 0 aromatic carbocycles. The van der Waals surface area contributed by atoms with Gasteiger partial charge in [0.1, 0.15) is 6.10 Å². The van der Waals surface area contributed by atoms with E-state index in [9.17, 15) is 9.59 Å². The number of aromatic amines is 1. The van der Waals surface area contributed by atoms with Crippen LogP contribution < -0.4 is 15.4 Å². The summed E-state index contributed by atoms with van der Waals surface area (Å²) < 4.78 is 10.5. The number of pyridine rings is 1. The van der Waals surface area contributed by atoms with E-state index in [0.29, 0.717) is 18.2 Å². The average molecular weight is 401 g/mol. The van der Waals surface area contributed by atoms with E-state index in [0.717, 1.165) is 36.9 Å². The third-order valence-electron chi connectivity index (χ3n) is 4.86. The Morgan fingerprint density at radius 1 is 1.31 bits per heavy atom. The lowest BCUT2D eigenvalue weighted by Crippen LogP contribution is -2.28. The fourth-order valence-corrected chi connectivity index (χ4v) is 3.40. The molecule has 2 aromatic heterocycles. The van der Waals surface area contributed by atoms with Crippen LogP contribution in [0.5, 0.6) is 5.88 Å². The molecule has 0 aliphatic heterocycles. The van der Waals surface area contributed by atoms with Gasteiger partial charge in [-0.05, 0) is 37.3 Å². The van der Waals surface area contributed by atoms with Crippen LogP contribution in [-0.2, 0) is 16.0 Å². The van der Waals surface area contributed by atoms with Crippen molar-refractivity contribution in [3.8, 4) is 5.88 Å². The summed E-state index contributed by atoms with van der Waals surface area (Å²) in [4.78, 5) is 28.0. The maximum Gasteiger partial charge on any atom is 0.407 e. The minimum atomic E-state index is -0.359. The number of alkyl carbamates (subject to hydrolysis) is 1. The van der Waals surface area contributed by atoms with Crippen molar-refractivity contribution in [2.24, 2.45) is 0 Å². The van der Waals surface area contributed by atoms with Crippen LogP contribution in [0, 0.1) is 0 Å². The first-order chi connectivity index (χ1) is 14.1. The molecule has 0 saturated heterocycles. The van der Waals surface area contributed by atoms with Crippen LogP contribution >= 0.6 is 0 Å². The standard InChI is InChI=1S/C20H27N5O4/c1-3-7-22-20(27)29-15-5-4-14(11-15)16-12-17(25-24-16)23-18(26)9-13-6-8-21-19(10-13)28-2/h6,8,10,12,14-15H,3-5,7,9,11H2,1-2H3,(H,22,27)(H2,23,24,25,26). The van der Waals surface area contributed by atoms with Gasteiger partial charge in [0.25, 0.3) is 0 Å². The van der Waals surface area contributed by atoms with E-state index >= 15 is 0 Å². The quantitative estimate of drug-likeness (QED) is 0.626. The molecule has 0 bridgehead atoms. The largest absolute Gasteiger partial charge is 0.481 e. The maximum absolute atomic E-state index is 12.3. The number of aromatic nitrogens is 3. The lowest BCUT2D eigenvalue weighted by atomic mass is 10.0. The lowest BCUT2D eigenvalue weighted by molar-refractivity contribution is -0.115. The third-order valence-corrected chi connectivity index (χ3v) is 4.86. The Bertz CT molecular complexity index is 838. The molecule has 29 heavy (non-hydrogen) atoms. The van der Waals surface area contributed by atoms with Gasteiger partial charge in [0, 0.05) is 36.5 Å². The summed E-state index contributed by atoms with van der Waals surface area (Å²) in [5.41, 5.74) is 1.74. The molecule has 1 aliphatic rings. The number of hydrogen-bond acceptors (Lipinski definition) is 6. The Morgan fingerprint density at radius 3 is 2.97 bits per heavy atom. The predicted molar refractivity (Wildman–Crippen MR) is 107 cm³/mol. The summed E-state index contributed by atoms with van der Waals surface area (Å²) in [6.07, 6.45) is 4.68. The zero-order valence-corrected chi connectivity index (χ0v) is 16.7. The highest BCUT2D eigenvalue weighted by molar-refractivity contribution is 5.91. The molecule has 9 nitrogen and oxygen atoms in total. The van der Waals surface area contributed by atoms with Crippen LogP contribution in [0.2, 0.25) is 0 Å². The molecular weight excluding hydrogens is 374 g/mol. The van der Waals surface area contributed by atoms with Crippen LogP contribution in [0.15, 0.2) is 24.4 Å². The van der Waals surface area contributed by atoms with Crippen LogP contribution in [0.1, 0.15) is 49.8 Å². The van der Waals surface area contributed by atoms with Crippen molar-refractivity contribution in [2.45, 2.75) is 51.0 Å². The van der Waals surface area contributed by atoms with E-state index < -0.39 is 0 Å². The molecule has 0 radical (unpaired) electrons. The predicted octanol–water partition coefficient (Wildman–Crippen LogP) is 2.77. The second-order valence-electron chi connectivity index (χ2n) is 7.10. The highest BCUT2D eigenvalue weighted by Crippen LogP contribution is 2.35. The molecule has 2 aromatic rings. The number of H-pyrrole nitrogens is 1. The number of methoxy groups -OCH3 is 1. The molecule has 1 saturated carbocycles. The van der Waals surface area contributed by atoms with E-state index in [2.05, 4.69) is 25.8 Å². The Balaban J connectivity index is 1.49. The number of hydrogen-bond donors (Lipinski definition) is 3.